The number of nitrogens with one attached hydrogen (secondary N) is 1. The van der Waals surface area contributed by atoms with E-state index < -0.39 is 10.0 Å². The molecule has 1 N–H and O–H groups in total. The SMILES string of the molecule is CCc1ccc(S(=O)(=O)NCCc2cn(C)c3ccccc23)s1. The zero-order valence-electron chi connectivity index (χ0n) is 13.2. The summed E-state index contributed by atoms with van der Waals surface area (Å²) in [5.41, 5.74) is 2.32. The lowest BCUT2D eigenvalue weighted by Crippen LogP contribution is -2.25. The standard InChI is InChI=1S/C17H20N2O2S2/c1-3-14-8-9-17(22-14)23(20,21)18-11-10-13-12-19(2)16-7-5-4-6-15(13)16/h4-9,12,18H,3,10-11H2,1-2H3. The van der Waals surface area contributed by atoms with E-state index in [4.69, 9.17) is 0 Å². The van der Waals surface area contributed by atoms with Gasteiger partial charge in [0.2, 0.25) is 10.0 Å². The molecule has 0 aliphatic rings. The smallest absolute Gasteiger partial charge is 0.250 e. The predicted molar refractivity (Wildman–Crippen MR) is 95.5 cm³/mol. The molecule has 0 bridgehead atoms. The highest BCUT2D eigenvalue weighted by atomic mass is 32.2. The highest BCUT2D eigenvalue weighted by Gasteiger charge is 2.16. The fourth-order valence-corrected chi connectivity index (χ4v) is 5.08. The summed E-state index contributed by atoms with van der Waals surface area (Å²) in [7, 11) is -1.40. The quantitative estimate of drug-likeness (QED) is 0.743. The summed E-state index contributed by atoms with van der Waals surface area (Å²) in [6, 6.07) is 11.7. The third kappa shape index (κ3) is 3.34. The maximum absolute atomic E-state index is 12.3. The number of fused-ring (bicyclic) bond motifs is 1. The van der Waals surface area contributed by atoms with Crippen LogP contribution in [-0.4, -0.2) is 19.5 Å². The largest absolute Gasteiger partial charge is 0.350 e. The monoisotopic (exact) mass is 348 g/mol. The first-order chi connectivity index (χ1) is 11.0. The number of aryl methyl sites for hydroxylation is 2. The summed E-state index contributed by atoms with van der Waals surface area (Å²) in [6.07, 6.45) is 3.60. The molecule has 6 heteroatoms. The zero-order valence-corrected chi connectivity index (χ0v) is 14.9. The summed E-state index contributed by atoms with van der Waals surface area (Å²) in [4.78, 5) is 1.08. The molecule has 3 aromatic rings. The van der Waals surface area contributed by atoms with E-state index in [1.54, 1.807) is 6.07 Å². The van der Waals surface area contributed by atoms with Gasteiger partial charge in [-0.1, -0.05) is 25.1 Å². The summed E-state index contributed by atoms with van der Waals surface area (Å²) >= 11 is 1.34. The van der Waals surface area contributed by atoms with Crippen molar-refractivity contribution in [2.24, 2.45) is 7.05 Å². The number of hydrogen-bond donors (Lipinski definition) is 1. The Bertz CT molecular complexity index is 923. The minimum absolute atomic E-state index is 0.396. The number of aromatic nitrogens is 1. The van der Waals surface area contributed by atoms with Gasteiger partial charge in [0.05, 0.1) is 0 Å². The molecule has 0 fully saturated rings. The van der Waals surface area contributed by atoms with Crippen molar-refractivity contribution in [3.63, 3.8) is 0 Å². The van der Waals surface area contributed by atoms with Gasteiger partial charge < -0.3 is 4.57 Å². The van der Waals surface area contributed by atoms with Crippen LogP contribution in [0.1, 0.15) is 17.4 Å². The maximum atomic E-state index is 12.3. The molecule has 1 aromatic carbocycles. The van der Waals surface area contributed by atoms with Crippen molar-refractivity contribution in [1.82, 2.24) is 9.29 Å². The van der Waals surface area contributed by atoms with Gasteiger partial charge in [-0.05, 0) is 36.6 Å². The van der Waals surface area contributed by atoms with E-state index in [-0.39, 0.29) is 0 Å². The Kier molecular flexibility index (Phi) is 4.57. The van der Waals surface area contributed by atoms with E-state index >= 15 is 0 Å². The number of rotatable bonds is 6. The average Bonchev–Trinajstić information content (AvgIpc) is 3.14. The number of hydrogen-bond acceptors (Lipinski definition) is 3. The van der Waals surface area contributed by atoms with E-state index in [2.05, 4.69) is 27.6 Å². The Labute approximate surface area is 140 Å². The van der Waals surface area contributed by atoms with Gasteiger partial charge >= 0.3 is 0 Å². The number of benzene rings is 1. The van der Waals surface area contributed by atoms with Crippen molar-refractivity contribution >= 4 is 32.3 Å². The molecule has 23 heavy (non-hydrogen) atoms. The molecule has 0 saturated carbocycles. The molecule has 3 rings (SSSR count). The van der Waals surface area contributed by atoms with Crippen LogP contribution in [-0.2, 0) is 29.9 Å². The fourth-order valence-electron chi connectivity index (χ4n) is 2.71. The molecule has 0 aliphatic carbocycles. The molecule has 0 saturated heterocycles. The zero-order chi connectivity index (χ0) is 16.4. The molecule has 0 amide bonds. The fraction of sp³-hybridized carbons (Fsp3) is 0.294. The Morgan fingerprint density at radius 3 is 2.70 bits per heavy atom. The molecule has 0 radical (unpaired) electrons. The minimum Gasteiger partial charge on any atom is -0.350 e. The normalized spacial score (nSPS) is 12.1. The minimum atomic E-state index is -3.40. The first kappa shape index (κ1) is 16.2. The van der Waals surface area contributed by atoms with Crippen LogP contribution in [0.4, 0.5) is 0 Å². The van der Waals surface area contributed by atoms with Gasteiger partial charge in [0.25, 0.3) is 0 Å². The molecule has 2 aromatic heterocycles. The topological polar surface area (TPSA) is 51.1 Å². The predicted octanol–water partition coefficient (Wildman–Crippen LogP) is 3.32. The van der Waals surface area contributed by atoms with E-state index in [1.165, 1.54) is 16.7 Å². The summed E-state index contributed by atoms with van der Waals surface area (Å²) < 4.78 is 29.8. The maximum Gasteiger partial charge on any atom is 0.250 e. The van der Waals surface area contributed by atoms with E-state index in [1.807, 2.05) is 32.2 Å². The summed E-state index contributed by atoms with van der Waals surface area (Å²) in [6.45, 7) is 2.42. The molecule has 2 heterocycles. The van der Waals surface area contributed by atoms with E-state index in [0.29, 0.717) is 17.2 Å². The number of sulfonamides is 1. The number of para-hydroxylation sites is 1. The van der Waals surface area contributed by atoms with Gasteiger partial charge in [0, 0.05) is 35.6 Å². The summed E-state index contributed by atoms with van der Waals surface area (Å²) in [5.74, 6) is 0. The molecular formula is C17H20N2O2S2. The van der Waals surface area contributed by atoms with Crippen molar-refractivity contribution in [3.8, 4) is 0 Å². The van der Waals surface area contributed by atoms with Crippen molar-refractivity contribution in [2.75, 3.05) is 6.54 Å². The second-order valence-corrected chi connectivity index (χ2v) is 8.67. The van der Waals surface area contributed by atoms with E-state index in [9.17, 15) is 8.42 Å². The van der Waals surface area contributed by atoms with Crippen molar-refractivity contribution < 1.29 is 8.42 Å². The molecule has 0 unspecified atom stereocenters. The van der Waals surface area contributed by atoms with Gasteiger partial charge in [-0.3, -0.25) is 0 Å². The Morgan fingerprint density at radius 2 is 1.96 bits per heavy atom. The Morgan fingerprint density at radius 1 is 1.17 bits per heavy atom. The highest BCUT2D eigenvalue weighted by Crippen LogP contribution is 2.23. The van der Waals surface area contributed by atoms with Crippen molar-refractivity contribution in [3.05, 3.63) is 53.0 Å². The van der Waals surface area contributed by atoms with Crippen LogP contribution in [0.2, 0.25) is 0 Å². The third-order valence-electron chi connectivity index (χ3n) is 3.92. The van der Waals surface area contributed by atoms with Gasteiger partial charge in [-0.25, -0.2) is 13.1 Å². The molecule has 4 nitrogen and oxygen atoms in total. The van der Waals surface area contributed by atoms with Gasteiger partial charge in [-0.15, -0.1) is 11.3 Å². The average molecular weight is 348 g/mol. The number of nitrogens with zero attached hydrogens (tertiary/aromatic N) is 1. The first-order valence-electron chi connectivity index (χ1n) is 7.62. The van der Waals surface area contributed by atoms with Gasteiger partial charge in [0.15, 0.2) is 0 Å². The molecule has 0 aliphatic heterocycles. The lowest BCUT2D eigenvalue weighted by molar-refractivity contribution is 0.584. The Balaban J connectivity index is 1.71. The third-order valence-corrected chi connectivity index (χ3v) is 7.10. The second-order valence-electron chi connectivity index (χ2n) is 5.50. The molecular weight excluding hydrogens is 328 g/mol. The molecule has 0 atom stereocenters. The molecule has 122 valence electrons. The van der Waals surface area contributed by atoms with Crippen LogP contribution in [0, 0.1) is 0 Å². The van der Waals surface area contributed by atoms with Crippen LogP contribution in [0.5, 0.6) is 0 Å². The van der Waals surface area contributed by atoms with Gasteiger partial charge in [0.1, 0.15) is 4.21 Å². The second kappa shape index (κ2) is 6.47. The van der Waals surface area contributed by atoms with Crippen LogP contribution in [0.25, 0.3) is 10.9 Å². The van der Waals surface area contributed by atoms with Crippen LogP contribution in [0.15, 0.2) is 46.8 Å². The first-order valence-corrected chi connectivity index (χ1v) is 9.92. The lowest BCUT2D eigenvalue weighted by atomic mass is 10.1. The van der Waals surface area contributed by atoms with E-state index in [0.717, 1.165) is 22.4 Å². The number of thiophene rings is 1. The van der Waals surface area contributed by atoms with Crippen LogP contribution in [0.3, 0.4) is 0 Å². The molecule has 0 spiro atoms. The van der Waals surface area contributed by atoms with Crippen LogP contribution < -0.4 is 4.72 Å². The lowest BCUT2D eigenvalue weighted by Gasteiger charge is -2.04. The summed E-state index contributed by atoms with van der Waals surface area (Å²) in [5, 5.41) is 1.18. The van der Waals surface area contributed by atoms with Crippen LogP contribution >= 0.6 is 11.3 Å². The Hall–Kier alpha value is -1.63. The van der Waals surface area contributed by atoms with Crippen molar-refractivity contribution in [1.29, 1.82) is 0 Å². The van der Waals surface area contributed by atoms with Gasteiger partial charge in [-0.2, -0.15) is 0 Å². The van der Waals surface area contributed by atoms with Crippen molar-refractivity contribution in [2.45, 2.75) is 24.0 Å². The highest BCUT2D eigenvalue weighted by molar-refractivity contribution is 7.91.